The van der Waals surface area contributed by atoms with Gasteiger partial charge < -0.3 is 10.1 Å². The maximum Gasteiger partial charge on any atom is 0.249 e. The van der Waals surface area contributed by atoms with Gasteiger partial charge in [0.1, 0.15) is 6.10 Å². The van der Waals surface area contributed by atoms with E-state index < -0.39 is 0 Å². The van der Waals surface area contributed by atoms with E-state index in [9.17, 15) is 4.79 Å². The minimum Gasteiger partial charge on any atom is -0.365 e. The second-order valence-electron chi connectivity index (χ2n) is 6.12. The molecular weight excluding hydrogens is 294 g/mol. The predicted octanol–water partition coefficient (Wildman–Crippen LogP) is 3.01. The molecular formula is C14H24BrNO2. The summed E-state index contributed by atoms with van der Waals surface area (Å²) in [6.45, 7) is 4.31. The standard InChI is InChI=1S/C14H24BrNO2/c1-10-4-3-7-14(8-10,9-15)16-13(17)12-6-5-11(2)18-12/h10-12H,3-9H2,1-2H3,(H,16,17). The minimum atomic E-state index is -0.229. The van der Waals surface area contributed by atoms with Gasteiger partial charge in [0.25, 0.3) is 0 Å². The lowest BCUT2D eigenvalue weighted by Gasteiger charge is -2.40. The highest BCUT2D eigenvalue weighted by Crippen LogP contribution is 2.34. The minimum absolute atomic E-state index is 0.0516. The molecule has 1 saturated heterocycles. The summed E-state index contributed by atoms with van der Waals surface area (Å²) in [6.07, 6.45) is 6.50. The van der Waals surface area contributed by atoms with Crippen molar-refractivity contribution in [3.8, 4) is 0 Å². The molecule has 1 aliphatic heterocycles. The molecule has 1 heterocycles. The third-order valence-electron chi connectivity index (χ3n) is 4.26. The summed E-state index contributed by atoms with van der Waals surface area (Å²) in [5, 5.41) is 4.11. The Morgan fingerprint density at radius 3 is 2.72 bits per heavy atom. The monoisotopic (exact) mass is 317 g/mol. The highest BCUT2D eigenvalue weighted by molar-refractivity contribution is 9.09. The first-order valence-corrected chi connectivity index (χ1v) is 8.20. The molecule has 4 heteroatoms. The zero-order valence-corrected chi connectivity index (χ0v) is 13.0. The first kappa shape index (κ1) is 14.3. The fourth-order valence-corrected chi connectivity index (χ4v) is 3.92. The molecule has 4 unspecified atom stereocenters. The lowest BCUT2D eigenvalue weighted by Crippen LogP contribution is -2.55. The zero-order valence-electron chi connectivity index (χ0n) is 11.4. The molecule has 18 heavy (non-hydrogen) atoms. The molecule has 4 atom stereocenters. The van der Waals surface area contributed by atoms with Gasteiger partial charge in [0, 0.05) is 5.33 Å². The van der Waals surface area contributed by atoms with Crippen molar-refractivity contribution < 1.29 is 9.53 Å². The highest BCUT2D eigenvalue weighted by Gasteiger charge is 2.38. The first-order valence-electron chi connectivity index (χ1n) is 7.08. The van der Waals surface area contributed by atoms with Crippen LogP contribution in [0.25, 0.3) is 0 Å². The number of carbonyl (C=O) groups excluding carboxylic acids is 1. The van der Waals surface area contributed by atoms with Crippen molar-refractivity contribution in [1.29, 1.82) is 0 Å². The van der Waals surface area contributed by atoms with Crippen LogP contribution in [0.2, 0.25) is 0 Å². The van der Waals surface area contributed by atoms with E-state index in [0.717, 1.165) is 31.0 Å². The number of hydrogen-bond acceptors (Lipinski definition) is 2. The van der Waals surface area contributed by atoms with Crippen LogP contribution in [0.4, 0.5) is 0 Å². The summed E-state index contributed by atoms with van der Waals surface area (Å²) in [6, 6.07) is 0. The Balaban J connectivity index is 1.95. The number of amides is 1. The van der Waals surface area contributed by atoms with Gasteiger partial charge in [0.05, 0.1) is 11.6 Å². The number of alkyl halides is 1. The molecule has 0 aromatic rings. The second kappa shape index (κ2) is 5.91. The molecule has 2 rings (SSSR count). The van der Waals surface area contributed by atoms with E-state index in [-0.39, 0.29) is 23.7 Å². The number of hydrogen-bond donors (Lipinski definition) is 1. The van der Waals surface area contributed by atoms with Crippen LogP contribution in [0.1, 0.15) is 52.4 Å². The van der Waals surface area contributed by atoms with Gasteiger partial charge in [-0.05, 0) is 38.5 Å². The molecule has 1 saturated carbocycles. The summed E-state index contributed by atoms with van der Waals surface area (Å²) in [5.74, 6) is 0.785. The van der Waals surface area contributed by atoms with E-state index in [0.29, 0.717) is 5.92 Å². The van der Waals surface area contributed by atoms with Gasteiger partial charge in [-0.15, -0.1) is 0 Å². The van der Waals surface area contributed by atoms with Gasteiger partial charge in [0.15, 0.2) is 0 Å². The van der Waals surface area contributed by atoms with Crippen molar-refractivity contribution >= 4 is 21.8 Å². The van der Waals surface area contributed by atoms with Crippen molar-refractivity contribution in [3.05, 3.63) is 0 Å². The normalized spacial score (nSPS) is 40.7. The van der Waals surface area contributed by atoms with Gasteiger partial charge in [0.2, 0.25) is 5.91 Å². The van der Waals surface area contributed by atoms with E-state index in [1.165, 1.54) is 12.8 Å². The third-order valence-corrected chi connectivity index (χ3v) is 5.33. The molecule has 2 aliphatic rings. The number of halogens is 1. The van der Waals surface area contributed by atoms with E-state index in [1.54, 1.807) is 0 Å². The van der Waals surface area contributed by atoms with Crippen LogP contribution >= 0.6 is 15.9 Å². The Morgan fingerprint density at radius 1 is 1.39 bits per heavy atom. The van der Waals surface area contributed by atoms with Gasteiger partial charge in [-0.1, -0.05) is 35.7 Å². The van der Waals surface area contributed by atoms with Crippen molar-refractivity contribution in [1.82, 2.24) is 5.32 Å². The smallest absolute Gasteiger partial charge is 0.249 e. The average molecular weight is 318 g/mol. The van der Waals surface area contributed by atoms with Crippen molar-refractivity contribution in [2.75, 3.05) is 5.33 Å². The lowest BCUT2D eigenvalue weighted by atomic mass is 9.77. The van der Waals surface area contributed by atoms with Gasteiger partial charge in [-0.25, -0.2) is 0 Å². The van der Waals surface area contributed by atoms with E-state index in [2.05, 4.69) is 28.2 Å². The fraction of sp³-hybridized carbons (Fsp3) is 0.929. The van der Waals surface area contributed by atoms with Crippen LogP contribution in [0.5, 0.6) is 0 Å². The molecule has 104 valence electrons. The van der Waals surface area contributed by atoms with Crippen LogP contribution in [0.3, 0.4) is 0 Å². The van der Waals surface area contributed by atoms with E-state index in [1.807, 2.05) is 6.92 Å². The van der Waals surface area contributed by atoms with Gasteiger partial charge in [-0.3, -0.25) is 4.79 Å². The summed E-state index contributed by atoms with van der Waals surface area (Å²) in [5.41, 5.74) is -0.0516. The fourth-order valence-electron chi connectivity index (χ4n) is 3.27. The number of nitrogens with one attached hydrogen (secondary N) is 1. The van der Waals surface area contributed by atoms with Crippen LogP contribution in [0.15, 0.2) is 0 Å². The molecule has 0 radical (unpaired) electrons. The molecule has 0 bridgehead atoms. The van der Waals surface area contributed by atoms with E-state index in [4.69, 9.17) is 4.74 Å². The highest BCUT2D eigenvalue weighted by atomic mass is 79.9. The average Bonchev–Trinajstić information content (AvgIpc) is 2.76. The number of ether oxygens (including phenoxy) is 1. The SMILES string of the molecule is CC1CCCC(CBr)(NC(=O)C2CCC(C)O2)C1. The molecule has 0 spiro atoms. The molecule has 0 aromatic heterocycles. The van der Waals surface area contributed by atoms with Crippen molar-refractivity contribution in [2.24, 2.45) is 5.92 Å². The largest absolute Gasteiger partial charge is 0.365 e. The van der Waals surface area contributed by atoms with Crippen LogP contribution in [0, 0.1) is 5.92 Å². The molecule has 0 aromatic carbocycles. The topological polar surface area (TPSA) is 38.3 Å². The van der Waals surface area contributed by atoms with Gasteiger partial charge in [-0.2, -0.15) is 0 Å². The van der Waals surface area contributed by atoms with Crippen molar-refractivity contribution in [2.45, 2.75) is 70.1 Å². The number of rotatable bonds is 3. The molecule has 2 fully saturated rings. The molecule has 1 N–H and O–H groups in total. The predicted molar refractivity (Wildman–Crippen MR) is 75.9 cm³/mol. The Bertz CT molecular complexity index is 310. The molecule has 1 amide bonds. The summed E-state index contributed by atoms with van der Waals surface area (Å²) < 4.78 is 5.65. The van der Waals surface area contributed by atoms with Crippen LogP contribution < -0.4 is 5.32 Å². The van der Waals surface area contributed by atoms with Crippen LogP contribution in [-0.4, -0.2) is 29.0 Å². The molecule has 3 nitrogen and oxygen atoms in total. The summed E-state index contributed by atoms with van der Waals surface area (Å²) in [7, 11) is 0. The maximum absolute atomic E-state index is 12.3. The molecule has 1 aliphatic carbocycles. The second-order valence-corrected chi connectivity index (χ2v) is 6.68. The summed E-state index contributed by atoms with van der Waals surface area (Å²) in [4.78, 5) is 12.3. The Morgan fingerprint density at radius 2 is 2.17 bits per heavy atom. The Labute approximate surface area is 118 Å². The van der Waals surface area contributed by atoms with E-state index >= 15 is 0 Å². The van der Waals surface area contributed by atoms with Crippen LogP contribution in [-0.2, 0) is 9.53 Å². The quantitative estimate of drug-likeness (QED) is 0.813. The first-order chi connectivity index (χ1) is 8.54. The lowest BCUT2D eigenvalue weighted by molar-refractivity contribution is -0.134. The van der Waals surface area contributed by atoms with Crippen molar-refractivity contribution in [3.63, 3.8) is 0 Å². The van der Waals surface area contributed by atoms with Gasteiger partial charge >= 0.3 is 0 Å². The zero-order chi connectivity index (χ0) is 13.2. The Hall–Kier alpha value is -0.0900. The summed E-state index contributed by atoms with van der Waals surface area (Å²) >= 11 is 3.59. The number of carbonyl (C=O) groups is 1. The Kier molecular flexibility index (Phi) is 4.70. The maximum atomic E-state index is 12.3. The third kappa shape index (κ3) is 3.27.